The summed E-state index contributed by atoms with van der Waals surface area (Å²) in [7, 11) is 1.42. The van der Waals surface area contributed by atoms with Gasteiger partial charge in [0.25, 0.3) is 5.69 Å². The third kappa shape index (κ3) is 3.48. The van der Waals surface area contributed by atoms with Gasteiger partial charge in [0.1, 0.15) is 6.61 Å². The van der Waals surface area contributed by atoms with E-state index < -0.39 is 4.92 Å². The highest BCUT2D eigenvalue weighted by Gasteiger charge is 2.12. The Morgan fingerprint density at radius 2 is 2.05 bits per heavy atom. The van der Waals surface area contributed by atoms with E-state index in [-0.39, 0.29) is 12.3 Å². The first-order chi connectivity index (χ1) is 10.1. The summed E-state index contributed by atoms with van der Waals surface area (Å²) in [5.41, 5.74) is 1.31. The van der Waals surface area contributed by atoms with Crippen molar-refractivity contribution in [3.05, 3.63) is 63.7 Å². The molecule has 0 amide bonds. The van der Waals surface area contributed by atoms with E-state index in [1.54, 1.807) is 18.2 Å². The van der Waals surface area contributed by atoms with E-state index in [0.717, 1.165) is 5.56 Å². The molecule has 0 fully saturated rings. The second-order valence-electron chi connectivity index (χ2n) is 4.19. The summed E-state index contributed by atoms with van der Waals surface area (Å²) in [5.74, 6) is 0.700. The molecule has 0 aliphatic carbocycles. The van der Waals surface area contributed by atoms with Crippen molar-refractivity contribution in [2.45, 2.75) is 6.61 Å². The molecule has 0 spiro atoms. The molecule has 0 heterocycles. The van der Waals surface area contributed by atoms with Crippen molar-refractivity contribution in [1.29, 1.82) is 5.26 Å². The lowest BCUT2D eigenvalue weighted by Gasteiger charge is -2.10. The third-order valence-electron chi connectivity index (χ3n) is 2.81. The molecule has 2 aromatic rings. The average Bonchev–Trinajstić information content (AvgIpc) is 2.52. The normalized spacial score (nSPS) is 9.71. The molecule has 0 N–H and O–H groups in total. The molecule has 0 atom stereocenters. The maximum atomic E-state index is 10.7. The van der Waals surface area contributed by atoms with Crippen LogP contribution in [0.5, 0.6) is 11.5 Å². The van der Waals surface area contributed by atoms with E-state index in [1.807, 2.05) is 6.07 Å². The van der Waals surface area contributed by atoms with Crippen LogP contribution in [0.2, 0.25) is 0 Å². The quantitative estimate of drug-likeness (QED) is 0.622. The number of hydrogen-bond acceptors (Lipinski definition) is 5. The summed E-state index contributed by atoms with van der Waals surface area (Å²) in [6.45, 7) is 0.240. The summed E-state index contributed by atoms with van der Waals surface area (Å²) >= 11 is 0. The first kappa shape index (κ1) is 14.3. The zero-order valence-electron chi connectivity index (χ0n) is 11.3. The van der Waals surface area contributed by atoms with Crippen LogP contribution in [0, 0.1) is 21.4 Å². The summed E-state index contributed by atoms with van der Waals surface area (Å²) in [6, 6.07) is 13.2. The molecule has 0 aliphatic heterocycles. The fourth-order valence-corrected chi connectivity index (χ4v) is 1.78. The number of nitro groups is 1. The average molecular weight is 284 g/mol. The highest BCUT2D eigenvalue weighted by Crippen LogP contribution is 2.31. The van der Waals surface area contributed by atoms with Crippen molar-refractivity contribution in [3.63, 3.8) is 0 Å². The van der Waals surface area contributed by atoms with Gasteiger partial charge in [0.2, 0.25) is 0 Å². The van der Waals surface area contributed by atoms with Crippen LogP contribution in [0.15, 0.2) is 42.5 Å². The Morgan fingerprint density at radius 1 is 1.24 bits per heavy atom. The van der Waals surface area contributed by atoms with Crippen LogP contribution in [0.1, 0.15) is 11.1 Å². The molecule has 106 valence electrons. The number of non-ortho nitro benzene ring substituents is 1. The molecule has 21 heavy (non-hydrogen) atoms. The number of rotatable bonds is 5. The molecule has 0 bridgehead atoms. The molecule has 0 saturated heterocycles. The van der Waals surface area contributed by atoms with Gasteiger partial charge < -0.3 is 9.47 Å². The first-order valence-electron chi connectivity index (χ1n) is 6.08. The molecular weight excluding hydrogens is 272 g/mol. The van der Waals surface area contributed by atoms with Gasteiger partial charge in [-0.2, -0.15) is 5.26 Å². The molecule has 2 rings (SSSR count). The first-order valence-corrected chi connectivity index (χ1v) is 6.08. The van der Waals surface area contributed by atoms with Crippen LogP contribution >= 0.6 is 0 Å². The zero-order valence-corrected chi connectivity index (χ0v) is 11.3. The van der Waals surface area contributed by atoms with Crippen molar-refractivity contribution >= 4 is 5.69 Å². The monoisotopic (exact) mass is 284 g/mol. The topological polar surface area (TPSA) is 85.4 Å². The van der Waals surface area contributed by atoms with Crippen LogP contribution in [0.4, 0.5) is 5.69 Å². The predicted octanol–water partition coefficient (Wildman–Crippen LogP) is 3.05. The Hall–Kier alpha value is -3.07. The summed E-state index contributed by atoms with van der Waals surface area (Å²) < 4.78 is 10.7. The number of ether oxygens (including phenoxy) is 2. The highest BCUT2D eigenvalue weighted by atomic mass is 16.6. The van der Waals surface area contributed by atoms with Crippen LogP contribution < -0.4 is 9.47 Å². The molecular formula is C15H12N2O4. The minimum Gasteiger partial charge on any atom is -0.493 e. The predicted molar refractivity (Wildman–Crippen MR) is 75.1 cm³/mol. The molecule has 6 heteroatoms. The molecule has 6 nitrogen and oxygen atoms in total. The highest BCUT2D eigenvalue weighted by molar-refractivity contribution is 5.48. The number of benzene rings is 2. The van der Waals surface area contributed by atoms with Crippen LogP contribution in [0.3, 0.4) is 0 Å². The van der Waals surface area contributed by atoms with Crippen LogP contribution in [-0.2, 0) is 6.61 Å². The molecule has 0 aliphatic rings. The van der Waals surface area contributed by atoms with Crippen molar-refractivity contribution in [1.82, 2.24) is 0 Å². The van der Waals surface area contributed by atoms with Gasteiger partial charge in [-0.25, -0.2) is 0 Å². The molecule has 2 aromatic carbocycles. The van der Waals surface area contributed by atoms with Gasteiger partial charge in [0, 0.05) is 6.07 Å². The number of nitrogens with zero attached hydrogens (tertiary/aromatic N) is 2. The Labute approximate surface area is 121 Å². The standard InChI is InChI=1S/C15H12N2O4/c1-20-15-8-13(17(18)19)5-6-14(15)21-10-12-4-2-3-11(7-12)9-16/h2-8H,10H2,1H3. The SMILES string of the molecule is COc1cc([N+](=O)[O-])ccc1OCc1cccc(C#N)c1. The van der Waals surface area contributed by atoms with Crippen LogP contribution in [0.25, 0.3) is 0 Å². The maximum Gasteiger partial charge on any atom is 0.273 e. The van der Waals surface area contributed by atoms with E-state index in [9.17, 15) is 10.1 Å². The Kier molecular flexibility index (Phi) is 4.36. The number of methoxy groups -OCH3 is 1. The fraction of sp³-hybridized carbons (Fsp3) is 0.133. The van der Waals surface area contributed by atoms with E-state index >= 15 is 0 Å². The summed E-state index contributed by atoms with van der Waals surface area (Å²) in [6.07, 6.45) is 0. The second-order valence-corrected chi connectivity index (χ2v) is 4.19. The molecule has 0 aromatic heterocycles. The van der Waals surface area contributed by atoms with Gasteiger partial charge in [-0.05, 0) is 23.8 Å². The Morgan fingerprint density at radius 3 is 2.71 bits per heavy atom. The van der Waals surface area contributed by atoms with Gasteiger partial charge in [-0.1, -0.05) is 12.1 Å². The van der Waals surface area contributed by atoms with Crippen molar-refractivity contribution in [2.75, 3.05) is 7.11 Å². The van der Waals surface area contributed by atoms with Gasteiger partial charge >= 0.3 is 0 Å². The summed E-state index contributed by atoms with van der Waals surface area (Å²) in [4.78, 5) is 10.2. The van der Waals surface area contributed by atoms with E-state index in [0.29, 0.717) is 17.1 Å². The van der Waals surface area contributed by atoms with E-state index in [2.05, 4.69) is 6.07 Å². The van der Waals surface area contributed by atoms with Crippen LogP contribution in [-0.4, -0.2) is 12.0 Å². The minimum absolute atomic E-state index is 0.0642. The van der Waals surface area contributed by atoms with Gasteiger partial charge in [-0.3, -0.25) is 10.1 Å². The minimum atomic E-state index is -0.497. The lowest BCUT2D eigenvalue weighted by molar-refractivity contribution is -0.385. The smallest absolute Gasteiger partial charge is 0.273 e. The molecule has 0 unspecified atom stereocenters. The number of hydrogen-bond donors (Lipinski definition) is 0. The van der Waals surface area contributed by atoms with Gasteiger partial charge in [0.05, 0.1) is 29.7 Å². The molecule has 0 radical (unpaired) electrons. The zero-order chi connectivity index (χ0) is 15.2. The van der Waals surface area contributed by atoms with Crippen molar-refractivity contribution in [3.8, 4) is 17.6 Å². The fourth-order valence-electron chi connectivity index (χ4n) is 1.78. The lowest BCUT2D eigenvalue weighted by atomic mass is 10.1. The third-order valence-corrected chi connectivity index (χ3v) is 2.81. The molecule has 0 saturated carbocycles. The largest absolute Gasteiger partial charge is 0.493 e. The Balaban J connectivity index is 2.16. The van der Waals surface area contributed by atoms with Crippen molar-refractivity contribution < 1.29 is 14.4 Å². The number of nitro benzene ring substituents is 1. The van der Waals surface area contributed by atoms with Crippen molar-refractivity contribution in [2.24, 2.45) is 0 Å². The maximum absolute atomic E-state index is 10.7. The Bertz CT molecular complexity index is 707. The van der Waals surface area contributed by atoms with E-state index in [4.69, 9.17) is 14.7 Å². The van der Waals surface area contributed by atoms with E-state index in [1.165, 1.54) is 25.3 Å². The summed E-state index contributed by atoms with van der Waals surface area (Å²) in [5, 5.41) is 19.5. The second kappa shape index (κ2) is 6.39. The van der Waals surface area contributed by atoms with Gasteiger partial charge in [0.15, 0.2) is 11.5 Å². The van der Waals surface area contributed by atoms with Gasteiger partial charge in [-0.15, -0.1) is 0 Å². The number of nitriles is 1. The lowest BCUT2D eigenvalue weighted by Crippen LogP contribution is -1.99.